The van der Waals surface area contributed by atoms with Crippen molar-refractivity contribution in [3.8, 4) is 12.3 Å². The number of pyridine rings is 1. The van der Waals surface area contributed by atoms with Gasteiger partial charge in [0.15, 0.2) is 0 Å². The van der Waals surface area contributed by atoms with Crippen molar-refractivity contribution in [1.82, 2.24) is 15.6 Å². The predicted molar refractivity (Wildman–Crippen MR) is 107 cm³/mol. The highest BCUT2D eigenvalue weighted by Gasteiger charge is 2.32. The number of amides is 2. The van der Waals surface area contributed by atoms with Gasteiger partial charge in [0.05, 0.1) is 12.1 Å². The fraction of sp³-hybridized carbons (Fsp3) is 0.500. The zero-order chi connectivity index (χ0) is 19.8. The van der Waals surface area contributed by atoms with Crippen LogP contribution in [0.3, 0.4) is 0 Å². The smallest absolute Gasteiger partial charge is 0.252 e. The highest BCUT2D eigenvalue weighted by molar-refractivity contribution is 5.93. The Balaban J connectivity index is 2.02. The maximum Gasteiger partial charge on any atom is 0.252 e. The summed E-state index contributed by atoms with van der Waals surface area (Å²) < 4.78 is 0. The summed E-state index contributed by atoms with van der Waals surface area (Å²) in [4.78, 5) is 28.4. The van der Waals surface area contributed by atoms with Crippen LogP contribution < -0.4 is 10.6 Å². The molecule has 0 radical (unpaired) electrons. The van der Waals surface area contributed by atoms with Crippen LogP contribution in [0.1, 0.15) is 44.0 Å². The molecule has 2 N–H and O–H groups in total. The Bertz CT molecular complexity index is 719. The van der Waals surface area contributed by atoms with Crippen molar-refractivity contribution >= 4 is 11.8 Å². The molecular formula is C22H29N3O2. The van der Waals surface area contributed by atoms with Crippen LogP contribution in [0.2, 0.25) is 0 Å². The Morgan fingerprint density at radius 2 is 2.15 bits per heavy atom. The van der Waals surface area contributed by atoms with Crippen LogP contribution in [0.4, 0.5) is 0 Å². The molecule has 3 atom stereocenters. The average molecular weight is 367 g/mol. The van der Waals surface area contributed by atoms with Gasteiger partial charge in [-0.3, -0.25) is 14.6 Å². The van der Waals surface area contributed by atoms with E-state index in [-0.39, 0.29) is 30.2 Å². The summed E-state index contributed by atoms with van der Waals surface area (Å²) in [6.45, 7) is 7.33. The van der Waals surface area contributed by atoms with Gasteiger partial charge in [-0.25, -0.2) is 0 Å². The number of carbonyl (C=O) groups excluding carboxylic acids is 2. The summed E-state index contributed by atoms with van der Waals surface area (Å²) in [6, 6.07) is 3.52. The maximum atomic E-state index is 12.3. The number of nitrogens with zero attached hydrogens (tertiary/aromatic N) is 1. The molecule has 2 amide bonds. The van der Waals surface area contributed by atoms with Crippen molar-refractivity contribution in [2.24, 2.45) is 23.7 Å². The van der Waals surface area contributed by atoms with Crippen LogP contribution >= 0.6 is 0 Å². The molecule has 5 nitrogen and oxygen atoms in total. The fourth-order valence-corrected chi connectivity index (χ4v) is 3.76. The quantitative estimate of drug-likeness (QED) is 0.575. The molecule has 1 aromatic rings. The van der Waals surface area contributed by atoms with E-state index in [1.807, 2.05) is 0 Å². The summed E-state index contributed by atoms with van der Waals surface area (Å²) in [6.07, 6.45) is 12.1. The number of hydrogen-bond donors (Lipinski definition) is 2. The number of terminal acetylenes is 1. The van der Waals surface area contributed by atoms with Crippen molar-refractivity contribution in [3.05, 3.63) is 41.7 Å². The molecule has 1 aliphatic rings. The van der Waals surface area contributed by atoms with Crippen LogP contribution in [0.5, 0.6) is 0 Å². The summed E-state index contributed by atoms with van der Waals surface area (Å²) in [5.74, 6) is 3.68. The van der Waals surface area contributed by atoms with Gasteiger partial charge in [0.25, 0.3) is 5.91 Å². The molecule has 0 aromatic carbocycles. The highest BCUT2D eigenvalue weighted by Crippen LogP contribution is 2.38. The number of allylic oxidation sites excluding steroid dienone is 1. The predicted octanol–water partition coefficient (Wildman–Crippen LogP) is 2.81. The lowest BCUT2D eigenvalue weighted by atomic mass is 9.69. The van der Waals surface area contributed by atoms with E-state index in [2.05, 4.69) is 48.4 Å². The lowest BCUT2D eigenvalue weighted by Gasteiger charge is -2.37. The van der Waals surface area contributed by atoms with E-state index < -0.39 is 0 Å². The summed E-state index contributed by atoms with van der Waals surface area (Å²) in [5, 5.41) is 5.78. The Hall–Kier alpha value is -2.61. The van der Waals surface area contributed by atoms with E-state index in [1.54, 1.807) is 24.5 Å². The van der Waals surface area contributed by atoms with E-state index in [9.17, 15) is 9.59 Å². The lowest BCUT2D eigenvalue weighted by molar-refractivity contribution is -0.121. The van der Waals surface area contributed by atoms with Gasteiger partial charge in [0.1, 0.15) is 0 Å². The Kier molecular flexibility index (Phi) is 7.60. The molecule has 3 unspecified atom stereocenters. The largest absolute Gasteiger partial charge is 0.351 e. The molecule has 27 heavy (non-hydrogen) atoms. The summed E-state index contributed by atoms with van der Waals surface area (Å²) in [5.41, 5.74) is 1.78. The van der Waals surface area contributed by atoms with Crippen molar-refractivity contribution in [1.29, 1.82) is 0 Å². The van der Waals surface area contributed by atoms with Crippen molar-refractivity contribution < 1.29 is 9.59 Å². The first-order valence-electron chi connectivity index (χ1n) is 9.49. The molecule has 5 heteroatoms. The van der Waals surface area contributed by atoms with Crippen LogP contribution in [0.15, 0.2) is 36.2 Å². The van der Waals surface area contributed by atoms with Gasteiger partial charge in [-0.15, -0.1) is 6.42 Å². The van der Waals surface area contributed by atoms with E-state index >= 15 is 0 Å². The Morgan fingerprint density at radius 3 is 2.78 bits per heavy atom. The van der Waals surface area contributed by atoms with Crippen LogP contribution in [-0.4, -0.2) is 29.9 Å². The first-order chi connectivity index (χ1) is 12.9. The minimum atomic E-state index is -0.104. The van der Waals surface area contributed by atoms with Crippen molar-refractivity contribution in [2.45, 2.75) is 33.6 Å². The third-order valence-electron chi connectivity index (χ3n) is 5.33. The lowest BCUT2D eigenvalue weighted by Crippen LogP contribution is -2.37. The highest BCUT2D eigenvalue weighted by atomic mass is 16.2. The molecule has 0 saturated heterocycles. The normalized spacial score (nSPS) is 21.9. The standard InChI is InChI=1S/C22H29N3O2/c1-5-8-24-21(26)12-18-11-20(15(2)3)19(10-16(18)4)14-25-22(27)17-7-6-9-23-13-17/h1,6-7,9-10,13,15,18-20H,8,11-12,14H2,2-4H3,(H,24,26)(H,25,27). The van der Waals surface area contributed by atoms with E-state index in [0.29, 0.717) is 30.4 Å². The second kappa shape index (κ2) is 9.91. The second-order valence-electron chi connectivity index (χ2n) is 7.55. The molecule has 1 heterocycles. The molecule has 1 aromatic heterocycles. The van der Waals surface area contributed by atoms with E-state index in [1.165, 1.54) is 5.57 Å². The molecule has 0 bridgehead atoms. The third kappa shape index (κ3) is 5.96. The fourth-order valence-electron chi connectivity index (χ4n) is 3.76. The summed E-state index contributed by atoms with van der Waals surface area (Å²) in [7, 11) is 0. The van der Waals surface area contributed by atoms with Crippen LogP contribution in [-0.2, 0) is 4.79 Å². The van der Waals surface area contributed by atoms with Crippen LogP contribution in [0.25, 0.3) is 0 Å². The first-order valence-corrected chi connectivity index (χ1v) is 9.49. The van der Waals surface area contributed by atoms with Gasteiger partial charge in [0, 0.05) is 25.4 Å². The van der Waals surface area contributed by atoms with Gasteiger partial charge in [-0.05, 0) is 49.1 Å². The third-order valence-corrected chi connectivity index (χ3v) is 5.33. The monoisotopic (exact) mass is 367 g/mol. The zero-order valence-corrected chi connectivity index (χ0v) is 16.4. The number of rotatable bonds is 7. The van der Waals surface area contributed by atoms with Gasteiger partial charge in [-0.2, -0.15) is 0 Å². The molecule has 0 saturated carbocycles. The molecule has 1 aliphatic carbocycles. The Labute approximate surface area is 162 Å². The van der Waals surface area contributed by atoms with Crippen molar-refractivity contribution in [2.75, 3.05) is 13.1 Å². The minimum absolute atomic E-state index is 0.00321. The molecule has 0 aliphatic heterocycles. The zero-order valence-electron chi connectivity index (χ0n) is 16.4. The minimum Gasteiger partial charge on any atom is -0.351 e. The number of carbonyl (C=O) groups is 2. The van der Waals surface area contributed by atoms with Crippen molar-refractivity contribution in [3.63, 3.8) is 0 Å². The number of aromatic nitrogens is 1. The second-order valence-corrected chi connectivity index (χ2v) is 7.55. The van der Waals surface area contributed by atoms with Crippen LogP contribution in [0, 0.1) is 36.0 Å². The van der Waals surface area contributed by atoms with Gasteiger partial charge >= 0.3 is 0 Å². The first kappa shape index (κ1) is 20.7. The van der Waals surface area contributed by atoms with E-state index in [4.69, 9.17) is 6.42 Å². The molecule has 0 fully saturated rings. The Morgan fingerprint density at radius 1 is 1.37 bits per heavy atom. The average Bonchev–Trinajstić information content (AvgIpc) is 2.66. The SMILES string of the molecule is C#CCNC(=O)CC1CC(C(C)C)C(CNC(=O)c2cccnc2)C=C1C. The number of nitrogens with one attached hydrogen (secondary N) is 2. The van der Waals surface area contributed by atoms with E-state index in [0.717, 1.165) is 6.42 Å². The molecular weight excluding hydrogens is 338 g/mol. The maximum absolute atomic E-state index is 12.3. The topological polar surface area (TPSA) is 71.1 Å². The van der Waals surface area contributed by atoms with Gasteiger partial charge in [0.2, 0.25) is 5.91 Å². The molecule has 144 valence electrons. The van der Waals surface area contributed by atoms with Gasteiger partial charge < -0.3 is 10.6 Å². The summed E-state index contributed by atoms with van der Waals surface area (Å²) >= 11 is 0. The molecule has 2 rings (SSSR count). The number of hydrogen-bond acceptors (Lipinski definition) is 3. The molecule has 0 spiro atoms. The van der Waals surface area contributed by atoms with Gasteiger partial charge in [-0.1, -0.05) is 31.4 Å².